The van der Waals surface area contributed by atoms with Crippen molar-refractivity contribution in [1.82, 2.24) is 14.9 Å². The zero-order chi connectivity index (χ0) is 12.7. The minimum absolute atomic E-state index is 0.274. The van der Waals surface area contributed by atoms with Crippen molar-refractivity contribution in [2.75, 3.05) is 39.0 Å². The van der Waals surface area contributed by atoms with E-state index in [1.807, 2.05) is 0 Å². The van der Waals surface area contributed by atoms with Gasteiger partial charge in [0, 0.05) is 33.2 Å². The third kappa shape index (κ3) is 4.35. The first kappa shape index (κ1) is 14.0. The van der Waals surface area contributed by atoms with Gasteiger partial charge in [-0.25, -0.2) is 12.7 Å². The average molecular weight is 260 g/mol. The molecule has 6 nitrogen and oxygen atoms in total. The summed E-state index contributed by atoms with van der Waals surface area (Å²) in [4.78, 5) is 4.00. The molecule has 98 valence electrons. The second-order valence-electron chi connectivity index (χ2n) is 3.74. The van der Waals surface area contributed by atoms with Crippen LogP contribution in [0.25, 0.3) is 0 Å². The largest absolute Gasteiger partial charge is 0.355 e. The van der Waals surface area contributed by atoms with Crippen molar-refractivity contribution in [1.29, 1.82) is 0 Å². The van der Waals surface area contributed by atoms with Crippen LogP contribution in [-0.2, 0) is 10.0 Å². The van der Waals surface area contributed by atoms with Crippen LogP contribution in [0.1, 0.15) is 6.42 Å². The summed E-state index contributed by atoms with van der Waals surface area (Å²) in [5, 5.41) is 6.07. The molecule has 0 aromatic rings. The lowest BCUT2D eigenvalue weighted by molar-refractivity contribution is 0.445. The monoisotopic (exact) mass is 260 g/mol. The van der Waals surface area contributed by atoms with E-state index in [9.17, 15) is 8.42 Å². The zero-order valence-electron chi connectivity index (χ0n) is 10.1. The van der Waals surface area contributed by atoms with Gasteiger partial charge in [0.15, 0.2) is 5.96 Å². The number of rotatable bonds is 5. The van der Waals surface area contributed by atoms with E-state index in [-0.39, 0.29) is 5.75 Å². The normalized spacial score (nSPS) is 20.2. The molecule has 7 heteroatoms. The highest BCUT2D eigenvalue weighted by Crippen LogP contribution is 2.11. The summed E-state index contributed by atoms with van der Waals surface area (Å²) in [7, 11) is -1.32. The van der Waals surface area contributed by atoms with Crippen molar-refractivity contribution >= 4 is 16.0 Å². The Hall–Kier alpha value is -1.08. The molecule has 17 heavy (non-hydrogen) atoms. The van der Waals surface area contributed by atoms with Gasteiger partial charge in [-0.1, -0.05) is 6.08 Å². The minimum atomic E-state index is -2.99. The van der Waals surface area contributed by atoms with Gasteiger partial charge in [-0.3, -0.25) is 4.99 Å². The van der Waals surface area contributed by atoms with Crippen molar-refractivity contribution in [3.05, 3.63) is 12.7 Å². The molecule has 0 bridgehead atoms. The van der Waals surface area contributed by atoms with E-state index < -0.39 is 10.0 Å². The van der Waals surface area contributed by atoms with Gasteiger partial charge in [0.25, 0.3) is 0 Å². The van der Waals surface area contributed by atoms with Crippen molar-refractivity contribution in [2.24, 2.45) is 4.99 Å². The third-order valence-corrected chi connectivity index (χ3v) is 4.45. The van der Waals surface area contributed by atoms with E-state index in [0.29, 0.717) is 32.1 Å². The molecule has 0 aliphatic carbocycles. The Kier molecular flexibility index (Phi) is 5.43. The molecule has 0 aromatic heterocycles. The van der Waals surface area contributed by atoms with Gasteiger partial charge in [-0.15, -0.1) is 6.58 Å². The Morgan fingerprint density at radius 2 is 2.29 bits per heavy atom. The minimum Gasteiger partial charge on any atom is -0.355 e. The number of aliphatic imine (C=N–C) groups is 1. The van der Waals surface area contributed by atoms with Crippen LogP contribution in [-0.4, -0.2) is 57.7 Å². The highest BCUT2D eigenvalue weighted by Gasteiger charge is 2.27. The van der Waals surface area contributed by atoms with Gasteiger partial charge in [-0.2, -0.15) is 0 Å². The summed E-state index contributed by atoms with van der Waals surface area (Å²) >= 11 is 0. The fraction of sp³-hybridized carbons (Fsp3) is 0.700. The molecule has 2 N–H and O–H groups in total. The van der Waals surface area contributed by atoms with E-state index >= 15 is 0 Å². The van der Waals surface area contributed by atoms with Gasteiger partial charge in [0.1, 0.15) is 0 Å². The lowest BCUT2D eigenvalue weighted by Crippen LogP contribution is -2.41. The van der Waals surface area contributed by atoms with E-state index in [1.165, 1.54) is 4.31 Å². The lowest BCUT2D eigenvalue weighted by atomic mass is 10.5. The molecule has 1 fully saturated rings. The van der Waals surface area contributed by atoms with Crippen molar-refractivity contribution in [3.63, 3.8) is 0 Å². The summed E-state index contributed by atoms with van der Waals surface area (Å²) in [6.45, 7) is 5.89. The Labute approximate surface area is 103 Å². The molecule has 0 amide bonds. The van der Waals surface area contributed by atoms with Crippen molar-refractivity contribution < 1.29 is 8.42 Å². The predicted molar refractivity (Wildman–Crippen MR) is 69.5 cm³/mol. The van der Waals surface area contributed by atoms with Crippen LogP contribution in [0.15, 0.2) is 17.6 Å². The first-order valence-electron chi connectivity index (χ1n) is 5.63. The Bertz CT molecular complexity index is 378. The molecule has 0 radical (unpaired) electrons. The highest BCUT2D eigenvalue weighted by molar-refractivity contribution is 7.89. The maximum absolute atomic E-state index is 11.5. The topological polar surface area (TPSA) is 73.8 Å². The summed E-state index contributed by atoms with van der Waals surface area (Å²) in [5.74, 6) is 0.928. The van der Waals surface area contributed by atoms with E-state index in [1.54, 1.807) is 13.1 Å². The molecular weight excluding hydrogens is 240 g/mol. The van der Waals surface area contributed by atoms with Crippen molar-refractivity contribution in [3.8, 4) is 0 Å². The average Bonchev–Trinajstić information content (AvgIpc) is 2.63. The summed E-state index contributed by atoms with van der Waals surface area (Å²) in [6, 6.07) is 0. The number of hydrogen-bond acceptors (Lipinski definition) is 3. The number of guanidine groups is 1. The van der Waals surface area contributed by atoms with Crippen LogP contribution < -0.4 is 10.6 Å². The second-order valence-corrected chi connectivity index (χ2v) is 5.83. The second kappa shape index (κ2) is 6.61. The summed E-state index contributed by atoms with van der Waals surface area (Å²) < 4.78 is 24.6. The summed E-state index contributed by atoms with van der Waals surface area (Å²) in [5.41, 5.74) is 0. The molecule has 1 saturated heterocycles. The number of nitrogens with zero attached hydrogens (tertiary/aromatic N) is 2. The maximum Gasteiger partial charge on any atom is 0.214 e. The van der Waals surface area contributed by atoms with Gasteiger partial charge in [-0.05, 0) is 6.42 Å². The Balaban J connectivity index is 2.29. The molecule has 0 unspecified atom stereocenters. The van der Waals surface area contributed by atoms with E-state index in [0.717, 1.165) is 6.42 Å². The van der Waals surface area contributed by atoms with Crippen LogP contribution in [0.3, 0.4) is 0 Å². The molecule has 1 heterocycles. The van der Waals surface area contributed by atoms with Gasteiger partial charge in [0.05, 0.1) is 5.75 Å². The van der Waals surface area contributed by atoms with Gasteiger partial charge in [0.2, 0.25) is 10.0 Å². The van der Waals surface area contributed by atoms with Crippen LogP contribution in [0, 0.1) is 0 Å². The van der Waals surface area contributed by atoms with Crippen LogP contribution in [0.4, 0.5) is 0 Å². The molecule has 0 spiro atoms. The standard InChI is InChI=1S/C10H20N4O2S/c1-3-5-12-10(11-2)13-6-8-14-7-4-9-17(14,15)16/h3H,1,4-9H2,2H3,(H2,11,12,13). The molecule has 0 atom stereocenters. The maximum atomic E-state index is 11.5. The Morgan fingerprint density at radius 1 is 1.53 bits per heavy atom. The smallest absolute Gasteiger partial charge is 0.214 e. The zero-order valence-corrected chi connectivity index (χ0v) is 11.0. The number of nitrogens with one attached hydrogen (secondary N) is 2. The Morgan fingerprint density at radius 3 is 2.82 bits per heavy atom. The molecule has 0 saturated carbocycles. The third-order valence-electron chi connectivity index (χ3n) is 2.49. The lowest BCUT2D eigenvalue weighted by Gasteiger charge is -2.16. The molecule has 1 rings (SSSR count). The molecule has 0 aromatic carbocycles. The SMILES string of the molecule is C=CCNC(=NC)NCCN1CCCS1(=O)=O. The summed E-state index contributed by atoms with van der Waals surface area (Å²) in [6.07, 6.45) is 2.46. The number of sulfonamides is 1. The fourth-order valence-corrected chi connectivity index (χ4v) is 3.16. The van der Waals surface area contributed by atoms with Crippen LogP contribution >= 0.6 is 0 Å². The predicted octanol–water partition coefficient (Wildman–Crippen LogP) is -0.627. The molecule has 1 aliphatic rings. The van der Waals surface area contributed by atoms with E-state index in [2.05, 4.69) is 22.2 Å². The first-order chi connectivity index (χ1) is 8.10. The first-order valence-corrected chi connectivity index (χ1v) is 7.24. The quantitative estimate of drug-likeness (QED) is 0.392. The van der Waals surface area contributed by atoms with Gasteiger partial charge < -0.3 is 10.6 Å². The molecular formula is C10H20N4O2S. The van der Waals surface area contributed by atoms with Crippen molar-refractivity contribution in [2.45, 2.75) is 6.42 Å². The molecule has 1 aliphatic heterocycles. The number of hydrogen-bond donors (Lipinski definition) is 2. The van der Waals surface area contributed by atoms with Crippen LogP contribution in [0.5, 0.6) is 0 Å². The van der Waals surface area contributed by atoms with E-state index in [4.69, 9.17) is 0 Å². The fourth-order valence-electron chi connectivity index (χ4n) is 1.63. The highest BCUT2D eigenvalue weighted by atomic mass is 32.2. The van der Waals surface area contributed by atoms with Crippen LogP contribution in [0.2, 0.25) is 0 Å². The van der Waals surface area contributed by atoms with Gasteiger partial charge >= 0.3 is 0 Å².